The summed E-state index contributed by atoms with van der Waals surface area (Å²) in [5, 5.41) is 6.05. The van der Waals surface area contributed by atoms with Gasteiger partial charge in [-0.15, -0.1) is 11.3 Å². The monoisotopic (exact) mass is 420 g/mol. The molecule has 0 aliphatic rings. The topological polar surface area (TPSA) is 73.6 Å². The van der Waals surface area contributed by atoms with Gasteiger partial charge in [-0.1, -0.05) is 12.1 Å². The lowest BCUT2D eigenvalue weighted by atomic mass is 9.99. The van der Waals surface area contributed by atoms with E-state index in [4.69, 9.17) is 13.9 Å². The van der Waals surface area contributed by atoms with Gasteiger partial charge in [-0.25, -0.2) is 4.98 Å². The Morgan fingerprint density at radius 1 is 1.20 bits per heavy atom. The van der Waals surface area contributed by atoms with Crippen LogP contribution < -0.4 is 14.8 Å². The molecule has 4 aromatic rings. The lowest BCUT2D eigenvalue weighted by Gasteiger charge is -2.10. The van der Waals surface area contributed by atoms with Crippen LogP contribution in [0.3, 0.4) is 0 Å². The van der Waals surface area contributed by atoms with Crippen molar-refractivity contribution in [3.8, 4) is 22.6 Å². The summed E-state index contributed by atoms with van der Waals surface area (Å²) in [6.07, 6.45) is 4.90. The zero-order valence-corrected chi connectivity index (χ0v) is 17.6. The molecule has 152 valence electrons. The van der Waals surface area contributed by atoms with Crippen LogP contribution in [0.2, 0.25) is 0 Å². The Kier molecular flexibility index (Phi) is 5.54. The quantitative estimate of drug-likeness (QED) is 0.410. The van der Waals surface area contributed by atoms with Gasteiger partial charge in [-0.05, 0) is 36.3 Å². The predicted molar refractivity (Wildman–Crippen MR) is 119 cm³/mol. The highest BCUT2D eigenvalue weighted by atomic mass is 32.1. The van der Waals surface area contributed by atoms with Gasteiger partial charge in [0.2, 0.25) is 5.91 Å². The molecule has 1 N–H and O–H groups in total. The number of aromatic nitrogens is 1. The van der Waals surface area contributed by atoms with Gasteiger partial charge in [0.25, 0.3) is 0 Å². The molecule has 2 heterocycles. The number of nitrogens with zero attached hydrogens (tertiary/aromatic N) is 1. The number of carbonyl (C=O) groups excluding carboxylic acids is 1. The number of rotatable bonds is 6. The van der Waals surface area contributed by atoms with Crippen LogP contribution in [-0.4, -0.2) is 25.1 Å². The van der Waals surface area contributed by atoms with E-state index in [1.165, 1.54) is 17.4 Å². The van der Waals surface area contributed by atoms with Crippen molar-refractivity contribution in [2.45, 2.75) is 6.92 Å². The summed E-state index contributed by atoms with van der Waals surface area (Å²) in [6.45, 7) is 1.87. The zero-order valence-electron chi connectivity index (χ0n) is 16.8. The first kappa shape index (κ1) is 19.7. The molecule has 0 unspecified atom stereocenters. The molecule has 0 spiro atoms. The molecule has 1 amide bonds. The smallest absolute Gasteiger partial charge is 0.250 e. The van der Waals surface area contributed by atoms with E-state index >= 15 is 0 Å². The molecule has 30 heavy (non-hydrogen) atoms. The number of ether oxygens (including phenoxy) is 2. The van der Waals surface area contributed by atoms with Crippen LogP contribution in [0.1, 0.15) is 12.5 Å². The first-order valence-corrected chi connectivity index (χ1v) is 10.1. The Labute approximate surface area is 177 Å². The molecule has 2 aromatic heterocycles. The lowest BCUT2D eigenvalue weighted by Crippen LogP contribution is -2.08. The van der Waals surface area contributed by atoms with Crippen LogP contribution >= 0.6 is 11.3 Å². The number of furan rings is 1. The molecule has 0 bridgehead atoms. The highest BCUT2D eigenvalue weighted by molar-refractivity contribution is 7.13. The molecule has 0 aliphatic carbocycles. The molecule has 0 saturated heterocycles. The van der Waals surface area contributed by atoms with Crippen molar-refractivity contribution >= 4 is 38.9 Å². The fraction of sp³-hybridized carbons (Fsp3) is 0.130. The number of hydrogen-bond donors (Lipinski definition) is 1. The Morgan fingerprint density at radius 2 is 2.07 bits per heavy atom. The van der Waals surface area contributed by atoms with E-state index in [0.29, 0.717) is 16.5 Å². The summed E-state index contributed by atoms with van der Waals surface area (Å²) in [5.41, 5.74) is 4.19. The number of thiazole rings is 1. The summed E-state index contributed by atoms with van der Waals surface area (Å²) < 4.78 is 16.7. The third kappa shape index (κ3) is 3.92. The number of carbonyl (C=O) groups is 1. The van der Waals surface area contributed by atoms with Crippen molar-refractivity contribution < 1.29 is 18.7 Å². The summed E-state index contributed by atoms with van der Waals surface area (Å²) in [7, 11) is 3.24. The summed E-state index contributed by atoms with van der Waals surface area (Å²) in [6, 6.07) is 11.6. The summed E-state index contributed by atoms with van der Waals surface area (Å²) >= 11 is 1.37. The molecule has 0 saturated carbocycles. The second-order valence-electron chi connectivity index (χ2n) is 6.58. The fourth-order valence-electron chi connectivity index (χ4n) is 3.25. The van der Waals surface area contributed by atoms with Crippen LogP contribution in [0.4, 0.5) is 5.13 Å². The van der Waals surface area contributed by atoms with Crippen LogP contribution in [0, 0.1) is 0 Å². The molecular formula is C23H20N2O4S. The highest BCUT2D eigenvalue weighted by Crippen LogP contribution is 2.38. The van der Waals surface area contributed by atoms with Crippen LogP contribution in [-0.2, 0) is 4.79 Å². The minimum Gasteiger partial charge on any atom is -0.497 e. The molecule has 0 radical (unpaired) electrons. The number of methoxy groups -OCH3 is 2. The van der Waals surface area contributed by atoms with Crippen molar-refractivity contribution in [2.24, 2.45) is 0 Å². The lowest BCUT2D eigenvalue weighted by molar-refractivity contribution is -0.111. The van der Waals surface area contributed by atoms with Gasteiger partial charge in [-0.3, -0.25) is 10.1 Å². The average Bonchev–Trinajstić information content (AvgIpc) is 3.42. The maximum atomic E-state index is 12.4. The zero-order chi connectivity index (χ0) is 21.1. The SMILES string of the molecule is COc1cccc(-c2coc3cc(OC)c(/C(C)=C/C(=O)Nc4nccs4)cc23)c1. The minimum atomic E-state index is -0.246. The van der Waals surface area contributed by atoms with Crippen molar-refractivity contribution in [3.63, 3.8) is 0 Å². The number of allylic oxidation sites excluding steroid dienone is 1. The molecule has 7 heteroatoms. The molecular weight excluding hydrogens is 400 g/mol. The number of amides is 1. The second-order valence-corrected chi connectivity index (χ2v) is 7.48. The summed E-state index contributed by atoms with van der Waals surface area (Å²) in [4.78, 5) is 16.4. The fourth-order valence-corrected chi connectivity index (χ4v) is 3.78. The van der Waals surface area contributed by atoms with Gasteiger partial charge in [0.1, 0.15) is 17.1 Å². The number of fused-ring (bicyclic) bond motifs is 1. The van der Waals surface area contributed by atoms with Crippen LogP contribution in [0.25, 0.3) is 27.7 Å². The van der Waals surface area contributed by atoms with Crippen LogP contribution in [0.15, 0.2) is 64.7 Å². The van der Waals surface area contributed by atoms with E-state index in [0.717, 1.165) is 33.4 Å². The molecule has 0 atom stereocenters. The average molecular weight is 420 g/mol. The third-order valence-electron chi connectivity index (χ3n) is 4.71. The second kappa shape index (κ2) is 8.42. The van der Waals surface area contributed by atoms with Gasteiger partial charge in [0.05, 0.1) is 20.5 Å². The third-order valence-corrected chi connectivity index (χ3v) is 5.40. The molecule has 0 fully saturated rings. The van der Waals surface area contributed by atoms with E-state index in [1.54, 1.807) is 26.7 Å². The standard InChI is InChI=1S/C23H20N2O4S/c1-14(9-22(26)25-23-24-7-8-30-23)17-11-18-19(13-29-21(18)12-20(17)28-3)15-5-4-6-16(10-15)27-2/h4-13H,1-3H3,(H,24,25,26)/b14-9+. The first-order chi connectivity index (χ1) is 14.6. The maximum Gasteiger partial charge on any atom is 0.250 e. The van der Waals surface area contributed by atoms with Gasteiger partial charge in [-0.2, -0.15) is 0 Å². The van der Waals surface area contributed by atoms with E-state index in [1.807, 2.05) is 48.7 Å². The van der Waals surface area contributed by atoms with E-state index in [2.05, 4.69) is 10.3 Å². The van der Waals surface area contributed by atoms with Crippen molar-refractivity contribution in [1.82, 2.24) is 4.98 Å². The number of hydrogen-bond acceptors (Lipinski definition) is 6. The molecule has 4 rings (SSSR count). The van der Waals surface area contributed by atoms with Crippen molar-refractivity contribution in [1.29, 1.82) is 0 Å². The molecule has 2 aromatic carbocycles. The normalized spacial score (nSPS) is 11.5. The number of nitrogens with one attached hydrogen (secondary N) is 1. The Hall–Kier alpha value is -3.58. The van der Waals surface area contributed by atoms with Gasteiger partial charge >= 0.3 is 0 Å². The molecule has 0 aliphatic heterocycles. The molecule has 6 nitrogen and oxygen atoms in total. The maximum absolute atomic E-state index is 12.4. The summed E-state index contributed by atoms with van der Waals surface area (Å²) in [5.74, 6) is 1.15. The van der Waals surface area contributed by atoms with Gasteiger partial charge in [0.15, 0.2) is 5.13 Å². The van der Waals surface area contributed by atoms with Crippen molar-refractivity contribution in [3.05, 3.63) is 65.9 Å². The number of anilines is 1. The first-order valence-electron chi connectivity index (χ1n) is 9.22. The highest BCUT2D eigenvalue weighted by Gasteiger charge is 2.15. The Balaban J connectivity index is 1.75. The van der Waals surface area contributed by atoms with Gasteiger partial charge < -0.3 is 13.9 Å². The van der Waals surface area contributed by atoms with Crippen LogP contribution in [0.5, 0.6) is 11.5 Å². The van der Waals surface area contributed by atoms with E-state index in [-0.39, 0.29) is 5.91 Å². The van der Waals surface area contributed by atoms with Gasteiger partial charge in [0, 0.05) is 40.2 Å². The van der Waals surface area contributed by atoms with Crippen molar-refractivity contribution in [2.75, 3.05) is 19.5 Å². The minimum absolute atomic E-state index is 0.246. The van der Waals surface area contributed by atoms with E-state index in [9.17, 15) is 4.79 Å². The number of benzene rings is 2. The Bertz CT molecular complexity index is 1230. The van der Waals surface area contributed by atoms with E-state index < -0.39 is 0 Å². The largest absolute Gasteiger partial charge is 0.497 e. The Morgan fingerprint density at radius 3 is 2.80 bits per heavy atom. The predicted octanol–water partition coefficient (Wildman–Crippen LogP) is 5.62.